The maximum absolute atomic E-state index is 11.8. The van der Waals surface area contributed by atoms with E-state index in [2.05, 4.69) is 10.5 Å². The van der Waals surface area contributed by atoms with Gasteiger partial charge >= 0.3 is 0 Å². The lowest BCUT2D eigenvalue weighted by Crippen LogP contribution is -2.36. The molecule has 5 heteroatoms. The maximum atomic E-state index is 11.8. The molecule has 0 radical (unpaired) electrons. The monoisotopic (exact) mass is 226 g/mol. The van der Waals surface area contributed by atoms with Crippen LogP contribution in [0.4, 0.5) is 0 Å². The molecule has 1 aromatic rings. The average molecular weight is 226 g/mol. The molecule has 16 heavy (non-hydrogen) atoms. The van der Waals surface area contributed by atoms with Crippen LogP contribution in [0.2, 0.25) is 0 Å². The molecule has 1 rings (SSSR count). The summed E-state index contributed by atoms with van der Waals surface area (Å²) in [6.45, 7) is 7.45. The zero-order valence-corrected chi connectivity index (χ0v) is 10.1. The lowest BCUT2D eigenvalue weighted by Gasteiger charge is -2.16. The summed E-state index contributed by atoms with van der Waals surface area (Å²) >= 11 is 0. The molecular weight excluding hydrogens is 208 g/mol. The van der Waals surface area contributed by atoms with E-state index in [0.29, 0.717) is 17.2 Å². The Labute approximate surface area is 94.8 Å². The number of aliphatic hydroxyl groups excluding tert-OH is 1. The second-order valence-corrected chi connectivity index (χ2v) is 4.24. The Morgan fingerprint density at radius 1 is 1.50 bits per heavy atom. The highest BCUT2D eigenvalue weighted by Gasteiger charge is 2.20. The fraction of sp³-hybridized carbons (Fsp3) is 0.636. The third-order valence-corrected chi connectivity index (χ3v) is 2.74. The zero-order valence-electron chi connectivity index (χ0n) is 10.1. The minimum absolute atomic E-state index is 0.0705. The molecule has 1 atom stereocenters. The van der Waals surface area contributed by atoms with Crippen molar-refractivity contribution in [2.75, 3.05) is 0 Å². The first-order chi connectivity index (χ1) is 7.47. The van der Waals surface area contributed by atoms with Gasteiger partial charge in [-0.25, -0.2) is 0 Å². The zero-order chi connectivity index (χ0) is 12.3. The van der Waals surface area contributed by atoms with Gasteiger partial charge in [0.25, 0.3) is 5.91 Å². The van der Waals surface area contributed by atoms with Crippen LogP contribution in [0.1, 0.15) is 42.6 Å². The Kier molecular flexibility index (Phi) is 4.06. The molecule has 0 spiro atoms. The van der Waals surface area contributed by atoms with Crippen LogP contribution in [0.15, 0.2) is 4.52 Å². The predicted molar refractivity (Wildman–Crippen MR) is 58.9 cm³/mol. The summed E-state index contributed by atoms with van der Waals surface area (Å²) in [5.74, 6) is 0.429. The highest BCUT2D eigenvalue weighted by atomic mass is 16.5. The minimum atomic E-state index is -0.262. The molecule has 0 saturated carbocycles. The fourth-order valence-electron chi connectivity index (χ4n) is 1.17. The van der Waals surface area contributed by atoms with Crippen molar-refractivity contribution in [2.24, 2.45) is 5.92 Å². The van der Waals surface area contributed by atoms with Gasteiger partial charge in [-0.3, -0.25) is 4.79 Å². The first-order valence-corrected chi connectivity index (χ1v) is 5.34. The van der Waals surface area contributed by atoms with Gasteiger partial charge in [-0.15, -0.1) is 0 Å². The summed E-state index contributed by atoms with van der Waals surface area (Å²) in [6, 6.07) is 0.0705. The van der Waals surface area contributed by atoms with E-state index in [4.69, 9.17) is 9.63 Å². The molecule has 1 heterocycles. The number of rotatable bonds is 4. The Hall–Kier alpha value is -1.36. The normalized spacial score (nSPS) is 12.9. The first kappa shape index (κ1) is 12.7. The molecule has 1 unspecified atom stereocenters. The Morgan fingerprint density at radius 2 is 2.12 bits per heavy atom. The Morgan fingerprint density at radius 3 is 2.56 bits per heavy atom. The van der Waals surface area contributed by atoms with E-state index >= 15 is 0 Å². The molecule has 2 N–H and O–H groups in total. The number of carbonyl (C=O) groups excluding carboxylic acids is 1. The summed E-state index contributed by atoms with van der Waals surface area (Å²) in [5.41, 5.74) is 0.840. The quantitative estimate of drug-likeness (QED) is 0.810. The maximum Gasteiger partial charge on any atom is 0.273 e. The van der Waals surface area contributed by atoms with Crippen LogP contribution in [-0.2, 0) is 6.61 Å². The molecular formula is C11H18N2O3. The van der Waals surface area contributed by atoms with Crippen molar-refractivity contribution in [1.82, 2.24) is 10.5 Å². The largest absolute Gasteiger partial charge is 0.388 e. The molecule has 0 aliphatic carbocycles. The topological polar surface area (TPSA) is 75.4 Å². The highest BCUT2D eigenvalue weighted by molar-refractivity contribution is 5.93. The fourth-order valence-corrected chi connectivity index (χ4v) is 1.17. The van der Waals surface area contributed by atoms with E-state index in [1.165, 1.54) is 0 Å². The molecule has 0 aromatic carbocycles. The second-order valence-electron chi connectivity index (χ2n) is 4.24. The molecule has 0 fully saturated rings. The number of nitrogens with one attached hydrogen (secondary N) is 1. The van der Waals surface area contributed by atoms with Gasteiger partial charge in [-0.1, -0.05) is 19.0 Å². The van der Waals surface area contributed by atoms with Crippen LogP contribution in [0, 0.1) is 12.8 Å². The van der Waals surface area contributed by atoms with Crippen molar-refractivity contribution in [2.45, 2.75) is 40.3 Å². The van der Waals surface area contributed by atoms with Gasteiger partial charge in [0.15, 0.2) is 11.5 Å². The van der Waals surface area contributed by atoms with Gasteiger partial charge in [-0.2, -0.15) is 0 Å². The number of nitrogens with zero attached hydrogens (tertiary/aromatic N) is 1. The number of carbonyl (C=O) groups is 1. The van der Waals surface area contributed by atoms with E-state index in [9.17, 15) is 4.79 Å². The molecule has 1 amide bonds. The highest BCUT2D eigenvalue weighted by Crippen LogP contribution is 2.13. The van der Waals surface area contributed by atoms with E-state index < -0.39 is 0 Å². The molecule has 5 nitrogen and oxygen atoms in total. The van der Waals surface area contributed by atoms with Crippen molar-refractivity contribution >= 4 is 5.91 Å². The smallest absolute Gasteiger partial charge is 0.273 e. The van der Waals surface area contributed by atoms with Gasteiger partial charge < -0.3 is 14.9 Å². The van der Waals surface area contributed by atoms with Gasteiger partial charge in [0, 0.05) is 11.6 Å². The molecule has 0 aliphatic rings. The van der Waals surface area contributed by atoms with E-state index in [1.54, 1.807) is 6.92 Å². The van der Waals surface area contributed by atoms with Gasteiger partial charge in [0.2, 0.25) is 0 Å². The summed E-state index contributed by atoms with van der Waals surface area (Å²) in [6.07, 6.45) is 0. The van der Waals surface area contributed by atoms with Gasteiger partial charge in [0.1, 0.15) is 6.61 Å². The van der Waals surface area contributed by atoms with E-state index in [0.717, 1.165) is 0 Å². The van der Waals surface area contributed by atoms with Crippen molar-refractivity contribution in [3.05, 3.63) is 17.0 Å². The minimum Gasteiger partial charge on any atom is -0.388 e. The van der Waals surface area contributed by atoms with Crippen molar-refractivity contribution in [1.29, 1.82) is 0 Å². The molecule has 90 valence electrons. The molecule has 0 aliphatic heterocycles. The van der Waals surface area contributed by atoms with Crippen molar-refractivity contribution in [3.63, 3.8) is 0 Å². The number of hydrogen-bond acceptors (Lipinski definition) is 4. The van der Waals surface area contributed by atoms with E-state index in [-0.39, 0.29) is 24.2 Å². The lowest BCUT2D eigenvalue weighted by molar-refractivity contribution is 0.0920. The lowest BCUT2D eigenvalue weighted by atomic mass is 10.1. The van der Waals surface area contributed by atoms with Gasteiger partial charge in [0.05, 0.1) is 0 Å². The summed E-state index contributed by atoms with van der Waals surface area (Å²) in [5, 5.41) is 15.4. The standard InChI is InChI=1S/C11H18N2O3/c1-6(2)8(4)12-11(15)10-7(3)9(5-14)16-13-10/h6,8,14H,5H2,1-4H3,(H,12,15). The Bertz CT molecular complexity index is 371. The van der Waals surface area contributed by atoms with Crippen LogP contribution < -0.4 is 5.32 Å². The third-order valence-electron chi connectivity index (χ3n) is 2.74. The van der Waals surface area contributed by atoms with Crippen molar-refractivity contribution < 1.29 is 14.4 Å². The van der Waals surface area contributed by atoms with Crippen LogP contribution in [0.3, 0.4) is 0 Å². The third kappa shape index (κ3) is 2.61. The van der Waals surface area contributed by atoms with Crippen molar-refractivity contribution in [3.8, 4) is 0 Å². The molecule has 1 aromatic heterocycles. The molecule has 0 saturated heterocycles. The van der Waals surface area contributed by atoms with Crippen LogP contribution in [0.5, 0.6) is 0 Å². The number of hydrogen-bond donors (Lipinski definition) is 2. The average Bonchev–Trinajstić information content (AvgIpc) is 2.59. The van der Waals surface area contributed by atoms with Crippen LogP contribution in [0.25, 0.3) is 0 Å². The summed E-state index contributed by atoms with van der Waals surface area (Å²) < 4.78 is 4.85. The van der Waals surface area contributed by atoms with Gasteiger partial charge in [-0.05, 0) is 19.8 Å². The number of aromatic nitrogens is 1. The summed E-state index contributed by atoms with van der Waals surface area (Å²) in [7, 11) is 0. The number of aliphatic hydroxyl groups is 1. The predicted octanol–water partition coefficient (Wildman–Crippen LogP) is 1.25. The number of amides is 1. The SMILES string of the molecule is Cc1c(C(=O)NC(C)C(C)C)noc1CO. The second kappa shape index (κ2) is 5.12. The van der Waals surface area contributed by atoms with E-state index in [1.807, 2.05) is 20.8 Å². The molecule has 0 bridgehead atoms. The summed E-state index contributed by atoms with van der Waals surface area (Å²) in [4.78, 5) is 11.8. The Balaban J connectivity index is 2.77. The van der Waals surface area contributed by atoms with Crippen LogP contribution >= 0.6 is 0 Å². The first-order valence-electron chi connectivity index (χ1n) is 5.34. The van der Waals surface area contributed by atoms with Crippen LogP contribution in [-0.4, -0.2) is 22.2 Å².